The number of anilines is 2. The zero-order chi connectivity index (χ0) is 24.6. The zero-order valence-electron chi connectivity index (χ0n) is 18.6. The molecule has 0 radical (unpaired) electrons. The number of piperidine rings is 1. The van der Waals surface area contributed by atoms with Gasteiger partial charge in [0.25, 0.3) is 6.43 Å². The quantitative estimate of drug-likeness (QED) is 0.479. The highest BCUT2D eigenvalue weighted by Gasteiger charge is 2.41. The van der Waals surface area contributed by atoms with Gasteiger partial charge in [-0.15, -0.1) is 0 Å². The molecule has 3 aromatic heterocycles. The lowest BCUT2D eigenvalue weighted by Crippen LogP contribution is -2.42. The van der Waals surface area contributed by atoms with Gasteiger partial charge >= 0.3 is 12.2 Å². The van der Waals surface area contributed by atoms with Crippen LogP contribution in [0.4, 0.5) is 33.6 Å². The standard InChI is InChI=1S/C21H23F5N8O/c22-15(23)11-34-18-14(9-29-34)28-10-17(30-18)32-6-2-20(3-7-32)4-8-33(12-20)16-1-5-27-19(31-16)35-13-21(24,25)26/h1,5,9-10,15H,2-4,6-8,11-13H2. The van der Waals surface area contributed by atoms with E-state index >= 15 is 0 Å². The molecule has 5 rings (SSSR count). The Bertz CT molecular complexity index is 1180. The van der Waals surface area contributed by atoms with Crippen LogP contribution in [-0.2, 0) is 6.54 Å². The van der Waals surface area contributed by atoms with Gasteiger partial charge in [0, 0.05) is 32.4 Å². The third-order valence-corrected chi connectivity index (χ3v) is 6.54. The lowest BCUT2D eigenvalue weighted by molar-refractivity contribution is -0.154. The van der Waals surface area contributed by atoms with Crippen molar-refractivity contribution in [1.29, 1.82) is 0 Å². The summed E-state index contributed by atoms with van der Waals surface area (Å²) in [6.07, 6.45) is 0.154. The molecule has 35 heavy (non-hydrogen) atoms. The first-order valence-electron chi connectivity index (χ1n) is 11.2. The first-order valence-corrected chi connectivity index (χ1v) is 11.2. The molecule has 0 unspecified atom stereocenters. The van der Waals surface area contributed by atoms with Gasteiger partial charge in [-0.25, -0.2) is 28.4 Å². The minimum absolute atomic E-state index is 0.0451. The van der Waals surface area contributed by atoms with E-state index in [1.807, 2.05) is 4.90 Å². The second kappa shape index (κ2) is 9.04. The summed E-state index contributed by atoms with van der Waals surface area (Å²) in [5.41, 5.74) is 0.851. The Morgan fingerprint density at radius 1 is 0.971 bits per heavy atom. The van der Waals surface area contributed by atoms with Gasteiger partial charge in [-0.1, -0.05) is 0 Å². The lowest BCUT2D eigenvalue weighted by atomic mass is 9.78. The van der Waals surface area contributed by atoms with Crippen molar-refractivity contribution in [1.82, 2.24) is 29.7 Å². The van der Waals surface area contributed by atoms with Gasteiger partial charge in [0.05, 0.1) is 12.4 Å². The van der Waals surface area contributed by atoms with E-state index in [2.05, 4.69) is 34.7 Å². The average molecular weight is 498 g/mol. The minimum atomic E-state index is -4.46. The second-order valence-corrected chi connectivity index (χ2v) is 8.91. The first-order chi connectivity index (χ1) is 16.7. The summed E-state index contributed by atoms with van der Waals surface area (Å²) in [5, 5.41) is 3.96. The molecule has 2 fully saturated rings. The normalized spacial score (nSPS) is 18.2. The van der Waals surface area contributed by atoms with Crippen molar-refractivity contribution in [2.75, 3.05) is 42.6 Å². The summed E-state index contributed by atoms with van der Waals surface area (Å²) in [5.74, 6) is 1.17. The van der Waals surface area contributed by atoms with Crippen LogP contribution >= 0.6 is 0 Å². The maximum Gasteiger partial charge on any atom is 0.422 e. The molecule has 0 aliphatic carbocycles. The molecule has 2 saturated heterocycles. The molecule has 14 heteroatoms. The summed E-state index contributed by atoms with van der Waals surface area (Å²) in [4.78, 5) is 20.9. The van der Waals surface area contributed by atoms with Gasteiger partial charge in [0.2, 0.25) is 0 Å². The highest BCUT2D eigenvalue weighted by atomic mass is 19.4. The van der Waals surface area contributed by atoms with Crippen LogP contribution in [0.3, 0.4) is 0 Å². The minimum Gasteiger partial charge on any atom is -0.454 e. The molecule has 9 nitrogen and oxygen atoms in total. The van der Waals surface area contributed by atoms with Gasteiger partial charge < -0.3 is 14.5 Å². The van der Waals surface area contributed by atoms with Crippen molar-refractivity contribution in [2.24, 2.45) is 5.41 Å². The molecule has 3 aromatic rings. The van der Waals surface area contributed by atoms with Crippen LogP contribution in [0, 0.1) is 5.41 Å². The van der Waals surface area contributed by atoms with E-state index in [0.29, 0.717) is 22.8 Å². The van der Waals surface area contributed by atoms with Crippen molar-refractivity contribution < 1.29 is 26.7 Å². The summed E-state index contributed by atoms with van der Waals surface area (Å²) >= 11 is 0. The van der Waals surface area contributed by atoms with Crippen molar-refractivity contribution in [3.8, 4) is 6.01 Å². The number of nitrogens with zero attached hydrogens (tertiary/aromatic N) is 8. The SMILES string of the molecule is FC(F)Cn1ncc2ncc(N3CCC4(CCN(c5ccnc(OCC(F)(F)F)n5)C4)CC3)nc21. The predicted octanol–water partition coefficient (Wildman–Crippen LogP) is 3.32. The summed E-state index contributed by atoms with van der Waals surface area (Å²) in [7, 11) is 0. The van der Waals surface area contributed by atoms with E-state index in [4.69, 9.17) is 0 Å². The molecule has 1 spiro atoms. The molecule has 2 aliphatic heterocycles. The predicted molar refractivity (Wildman–Crippen MR) is 116 cm³/mol. The fourth-order valence-corrected chi connectivity index (χ4v) is 4.73. The average Bonchev–Trinajstić information content (AvgIpc) is 3.42. The van der Waals surface area contributed by atoms with Crippen LogP contribution in [0.1, 0.15) is 19.3 Å². The number of ether oxygens (including phenoxy) is 1. The van der Waals surface area contributed by atoms with E-state index in [0.717, 1.165) is 45.4 Å². The fraction of sp³-hybridized carbons (Fsp3) is 0.571. The Labute approximate surface area is 196 Å². The van der Waals surface area contributed by atoms with Gasteiger partial charge in [-0.05, 0) is 30.7 Å². The summed E-state index contributed by atoms with van der Waals surface area (Å²) < 4.78 is 68.8. The third-order valence-electron chi connectivity index (χ3n) is 6.54. The largest absolute Gasteiger partial charge is 0.454 e. The number of fused-ring (bicyclic) bond motifs is 1. The molecule has 0 saturated carbocycles. The van der Waals surface area contributed by atoms with Crippen molar-refractivity contribution in [2.45, 2.75) is 38.4 Å². The van der Waals surface area contributed by atoms with Crippen LogP contribution in [0.2, 0.25) is 0 Å². The van der Waals surface area contributed by atoms with Crippen molar-refractivity contribution in [3.63, 3.8) is 0 Å². The van der Waals surface area contributed by atoms with E-state index in [1.54, 1.807) is 12.3 Å². The van der Waals surface area contributed by atoms with Crippen molar-refractivity contribution >= 4 is 22.8 Å². The Morgan fingerprint density at radius 2 is 1.71 bits per heavy atom. The number of halogens is 5. The zero-order valence-corrected chi connectivity index (χ0v) is 18.6. The number of alkyl halides is 5. The van der Waals surface area contributed by atoms with Crippen LogP contribution < -0.4 is 14.5 Å². The molecule has 5 heterocycles. The van der Waals surface area contributed by atoms with Gasteiger partial charge in [0.15, 0.2) is 12.3 Å². The van der Waals surface area contributed by atoms with Crippen LogP contribution in [-0.4, -0.2) is 75.1 Å². The number of hydrogen-bond acceptors (Lipinski definition) is 8. The Kier molecular flexibility index (Phi) is 6.05. The van der Waals surface area contributed by atoms with E-state index < -0.39 is 25.8 Å². The summed E-state index contributed by atoms with van der Waals surface area (Å²) in [6.45, 7) is 0.929. The highest BCUT2D eigenvalue weighted by molar-refractivity contribution is 5.71. The third kappa shape index (κ3) is 5.20. The van der Waals surface area contributed by atoms with E-state index in [9.17, 15) is 22.0 Å². The molecule has 0 atom stereocenters. The number of aromatic nitrogens is 6. The second-order valence-electron chi connectivity index (χ2n) is 8.91. The topological polar surface area (TPSA) is 85.1 Å². The lowest BCUT2D eigenvalue weighted by Gasteiger charge is -2.39. The van der Waals surface area contributed by atoms with Gasteiger partial charge in [-0.2, -0.15) is 23.3 Å². The van der Waals surface area contributed by atoms with E-state index in [1.165, 1.54) is 17.1 Å². The number of rotatable bonds is 6. The molecular weight excluding hydrogens is 475 g/mol. The maximum absolute atomic E-state index is 12.8. The maximum atomic E-state index is 12.8. The fourth-order valence-electron chi connectivity index (χ4n) is 4.73. The van der Waals surface area contributed by atoms with Gasteiger partial charge in [-0.3, -0.25) is 0 Å². The van der Waals surface area contributed by atoms with Gasteiger partial charge in [0.1, 0.15) is 23.7 Å². The molecule has 0 bridgehead atoms. The Hall–Kier alpha value is -3.32. The first kappa shape index (κ1) is 23.4. The van der Waals surface area contributed by atoms with Crippen LogP contribution in [0.15, 0.2) is 24.7 Å². The number of hydrogen-bond donors (Lipinski definition) is 0. The molecule has 188 valence electrons. The van der Waals surface area contributed by atoms with Crippen molar-refractivity contribution in [3.05, 3.63) is 24.7 Å². The molecule has 0 aromatic carbocycles. The highest BCUT2D eigenvalue weighted by Crippen LogP contribution is 2.42. The Balaban J connectivity index is 1.22. The molecule has 0 amide bonds. The molecule has 0 N–H and O–H groups in total. The van der Waals surface area contributed by atoms with Crippen LogP contribution in [0.25, 0.3) is 11.2 Å². The monoisotopic (exact) mass is 498 g/mol. The smallest absolute Gasteiger partial charge is 0.422 e. The van der Waals surface area contributed by atoms with Crippen LogP contribution in [0.5, 0.6) is 6.01 Å². The van der Waals surface area contributed by atoms with E-state index in [-0.39, 0.29) is 11.4 Å². The molecule has 2 aliphatic rings. The Morgan fingerprint density at radius 3 is 2.43 bits per heavy atom. The molecular formula is C21H23F5N8O. The summed E-state index contributed by atoms with van der Waals surface area (Å²) in [6, 6.07) is 1.37.